The van der Waals surface area contributed by atoms with E-state index >= 15 is 0 Å². The molecule has 1 N–H and O–H groups in total. The predicted octanol–water partition coefficient (Wildman–Crippen LogP) is 8.34. The molecule has 0 aromatic heterocycles. The molecular weight excluding hydrogens is 376 g/mol. The Morgan fingerprint density at radius 2 is 1.90 bits per heavy atom. The van der Waals surface area contributed by atoms with Gasteiger partial charge in [-0.1, -0.05) is 51.0 Å². The molecular formula is C30H50O. The summed E-state index contributed by atoms with van der Waals surface area (Å²) in [6.07, 6.45) is 19.2. The van der Waals surface area contributed by atoms with Gasteiger partial charge in [0, 0.05) is 0 Å². The third-order valence-electron chi connectivity index (χ3n) is 11.4. The normalized spacial score (nSPS) is 44.7. The highest BCUT2D eigenvalue weighted by Crippen LogP contribution is 2.67. The molecule has 0 aromatic rings. The van der Waals surface area contributed by atoms with Crippen LogP contribution >= 0.6 is 0 Å². The first-order valence-electron chi connectivity index (χ1n) is 13.7. The zero-order valence-electron chi connectivity index (χ0n) is 21.4. The number of allylic oxidation sites excluding steroid dienone is 3. The topological polar surface area (TPSA) is 20.2 Å². The van der Waals surface area contributed by atoms with Crippen molar-refractivity contribution in [2.45, 2.75) is 118 Å². The molecule has 0 aliphatic heterocycles. The third kappa shape index (κ3) is 4.00. The highest BCUT2D eigenvalue weighted by atomic mass is 16.3. The monoisotopic (exact) mass is 426 g/mol. The van der Waals surface area contributed by atoms with E-state index in [1.165, 1.54) is 57.8 Å². The Balaban J connectivity index is 1.47. The van der Waals surface area contributed by atoms with E-state index in [4.69, 9.17) is 0 Å². The summed E-state index contributed by atoms with van der Waals surface area (Å²) in [4.78, 5) is 0. The van der Waals surface area contributed by atoms with E-state index in [0.717, 1.165) is 48.3 Å². The molecule has 176 valence electrons. The second-order valence-corrected chi connectivity index (χ2v) is 12.6. The first-order valence-corrected chi connectivity index (χ1v) is 13.7. The number of rotatable bonds is 6. The Morgan fingerprint density at radius 3 is 2.61 bits per heavy atom. The molecule has 0 amide bonds. The minimum atomic E-state index is -0.0837. The number of aliphatic hydroxyl groups excluding tert-OH is 1. The average Bonchev–Trinajstić information content (AvgIpc) is 3.11. The number of hydrogen-bond donors (Lipinski definition) is 1. The highest BCUT2D eigenvalue weighted by Gasteiger charge is 2.59. The fraction of sp³-hybridized carbons (Fsp3) is 0.867. The van der Waals surface area contributed by atoms with Crippen molar-refractivity contribution in [3.63, 3.8) is 0 Å². The fourth-order valence-electron chi connectivity index (χ4n) is 9.27. The smallest absolute Gasteiger partial charge is 0.0577 e. The van der Waals surface area contributed by atoms with Crippen LogP contribution in [0, 0.1) is 46.3 Å². The van der Waals surface area contributed by atoms with Gasteiger partial charge < -0.3 is 5.11 Å². The van der Waals surface area contributed by atoms with Crippen molar-refractivity contribution in [1.82, 2.24) is 0 Å². The van der Waals surface area contributed by atoms with Crippen molar-refractivity contribution >= 4 is 0 Å². The van der Waals surface area contributed by atoms with Crippen LogP contribution in [0.3, 0.4) is 0 Å². The maximum atomic E-state index is 10.3. The summed E-state index contributed by atoms with van der Waals surface area (Å²) in [6.45, 7) is 14.8. The maximum absolute atomic E-state index is 10.3. The molecule has 0 radical (unpaired) electrons. The van der Waals surface area contributed by atoms with Crippen LogP contribution in [-0.4, -0.2) is 11.2 Å². The van der Waals surface area contributed by atoms with Gasteiger partial charge in [0.1, 0.15) is 0 Å². The zero-order chi connectivity index (χ0) is 22.4. The largest absolute Gasteiger partial charge is 0.393 e. The first kappa shape index (κ1) is 23.6. The summed E-state index contributed by atoms with van der Waals surface area (Å²) < 4.78 is 0. The Hall–Kier alpha value is -0.560. The van der Waals surface area contributed by atoms with E-state index in [0.29, 0.717) is 10.8 Å². The standard InChI is InChI=1S/C30H50O/c1-7-20(3)22(8-2)10-9-21(4)26-13-14-27-25-12-11-23-19-24(31)15-17-29(23,5)28(25)16-18-30(26,27)6/h7,11,21-22,24-28,31H,8-10,12-19H2,1-6H3/b20-7+. The van der Waals surface area contributed by atoms with Crippen molar-refractivity contribution < 1.29 is 5.11 Å². The molecule has 31 heavy (non-hydrogen) atoms. The van der Waals surface area contributed by atoms with Gasteiger partial charge in [0.25, 0.3) is 0 Å². The molecule has 4 rings (SSSR count). The van der Waals surface area contributed by atoms with Gasteiger partial charge in [0.15, 0.2) is 0 Å². The van der Waals surface area contributed by atoms with Crippen molar-refractivity contribution in [2.24, 2.45) is 46.3 Å². The van der Waals surface area contributed by atoms with Gasteiger partial charge in [-0.3, -0.25) is 0 Å². The summed E-state index contributed by atoms with van der Waals surface area (Å²) in [7, 11) is 0. The van der Waals surface area contributed by atoms with E-state index in [2.05, 4.69) is 53.7 Å². The second-order valence-electron chi connectivity index (χ2n) is 12.6. The van der Waals surface area contributed by atoms with Crippen LogP contribution in [0.2, 0.25) is 0 Å². The molecule has 0 spiro atoms. The molecule has 9 unspecified atom stereocenters. The lowest BCUT2D eigenvalue weighted by atomic mass is 9.47. The van der Waals surface area contributed by atoms with Gasteiger partial charge in [-0.15, -0.1) is 0 Å². The zero-order valence-corrected chi connectivity index (χ0v) is 21.4. The summed E-state index contributed by atoms with van der Waals surface area (Å²) in [5, 5.41) is 10.3. The number of fused-ring (bicyclic) bond motifs is 5. The van der Waals surface area contributed by atoms with Crippen LogP contribution in [0.4, 0.5) is 0 Å². The Labute approximate surface area is 193 Å². The SMILES string of the molecule is C/C=C(\C)C(CC)CCC(C)C1CCC2C3CC=C4CC(O)CCC4(C)C3CCC12C. The van der Waals surface area contributed by atoms with E-state index in [9.17, 15) is 5.11 Å². The van der Waals surface area contributed by atoms with E-state index in [-0.39, 0.29) is 6.10 Å². The first-order chi connectivity index (χ1) is 14.7. The number of hydrogen-bond acceptors (Lipinski definition) is 1. The summed E-state index contributed by atoms with van der Waals surface area (Å²) in [5.41, 5.74) is 4.16. The van der Waals surface area contributed by atoms with Crippen LogP contribution in [-0.2, 0) is 0 Å². The third-order valence-corrected chi connectivity index (χ3v) is 11.4. The van der Waals surface area contributed by atoms with Crippen molar-refractivity contribution in [3.8, 4) is 0 Å². The van der Waals surface area contributed by atoms with Gasteiger partial charge in [-0.05, 0) is 131 Å². The Kier molecular flexibility index (Phi) is 6.85. The molecule has 0 saturated heterocycles. The highest BCUT2D eigenvalue weighted by molar-refractivity contribution is 5.25. The Bertz CT molecular complexity index is 703. The van der Waals surface area contributed by atoms with Crippen LogP contribution in [0.5, 0.6) is 0 Å². The van der Waals surface area contributed by atoms with Crippen molar-refractivity contribution in [2.75, 3.05) is 0 Å². The summed E-state index contributed by atoms with van der Waals surface area (Å²) in [5.74, 6) is 5.27. The minimum Gasteiger partial charge on any atom is -0.393 e. The van der Waals surface area contributed by atoms with Crippen LogP contribution in [0.1, 0.15) is 112 Å². The summed E-state index contributed by atoms with van der Waals surface area (Å²) in [6, 6.07) is 0. The molecule has 1 heteroatoms. The fourth-order valence-corrected chi connectivity index (χ4v) is 9.27. The van der Waals surface area contributed by atoms with E-state index < -0.39 is 0 Å². The Morgan fingerprint density at radius 1 is 1.13 bits per heavy atom. The van der Waals surface area contributed by atoms with Crippen LogP contribution in [0.15, 0.2) is 23.3 Å². The lowest BCUT2D eigenvalue weighted by Crippen LogP contribution is -2.50. The van der Waals surface area contributed by atoms with Gasteiger partial charge in [-0.25, -0.2) is 0 Å². The van der Waals surface area contributed by atoms with E-state index in [1.807, 2.05) is 0 Å². The lowest BCUT2D eigenvalue weighted by molar-refractivity contribution is -0.0574. The van der Waals surface area contributed by atoms with Gasteiger partial charge >= 0.3 is 0 Å². The molecule has 0 heterocycles. The van der Waals surface area contributed by atoms with Gasteiger partial charge in [-0.2, -0.15) is 0 Å². The molecule has 4 aliphatic carbocycles. The molecule has 4 aliphatic rings. The van der Waals surface area contributed by atoms with E-state index in [1.54, 1.807) is 11.1 Å². The predicted molar refractivity (Wildman–Crippen MR) is 133 cm³/mol. The lowest BCUT2D eigenvalue weighted by Gasteiger charge is -2.58. The second kappa shape index (κ2) is 9.00. The van der Waals surface area contributed by atoms with Crippen LogP contribution < -0.4 is 0 Å². The molecule has 0 aromatic carbocycles. The van der Waals surface area contributed by atoms with Gasteiger partial charge in [0.05, 0.1) is 6.10 Å². The summed E-state index contributed by atoms with van der Waals surface area (Å²) >= 11 is 0. The van der Waals surface area contributed by atoms with Crippen LogP contribution in [0.25, 0.3) is 0 Å². The van der Waals surface area contributed by atoms with Gasteiger partial charge in [0.2, 0.25) is 0 Å². The molecule has 9 atom stereocenters. The minimum absolute atomic E-state index is 0.0837. The molecule has 3 fully saturated rings. The molecule has 3 saturated carbocycles. The molecule has 0 bridgehead atoms. The quantitative estimate of drug-likeness (QED) is 0.423. The number of aliphatic hydroxyl groups is 1. The molecule has 1 nitrogen and oxygen atoms in total. The average molecular weight is 427 g/mol. The van der Waals surface area contributed by atoms with Crippen molar-refractivity contribution in [1.29, 1.82) is 0 Å². The maximum Gasteiger partial charge on any atom is 0.0577 e. The van der Waals surface area contributed by atoms with Crippen molar-refractivity contribution in [3.05, 3.63) is 23.3 Å².